The lowest BCUT2D eigenvalue weighted by atomic mass is 10.0. The van der Waals surface area contributed by atoms with Gasteiger partial charge in [-0.05, 0) is 38.3 Å². The molecule has 0 saturated heterocycles. The average Bonchev–Trinajstić information content (AvgIpc) is 2.62. The number of hydrogen-bond donors (Lipinski definition) is 1. The van der Waals surface area contributed by atoms with Crippen LogP contribution in [0.1, 0.15) is 36.5 Å². The van der Waals surface area contributed by atoms with E-state index in [9.17, 15) is 18.7 Å². The van der Waals surface area contributed by atoms with Gasteiger partial charge in [0, 0.05) is 5.56 Å². The molecule has 1 aliphatic rings. The predicted molar refractivity (Wildman–Crippen MR) is 60.6 cm³/mol. The van der Waals surface area contributed by atoms with Gasteiger partial charge in [-0.3, -0.25) is 4.79 Å². The predicted octanol–water partition coefficient (Wildman–Crippen LogP) is 2.46. The number of carbonyl (C=O) groups is 1. The Balaban J connectivity index is 2.27. The molecule has 18 heavy (non-hydrogen) atoms. The third-order valence-electron chi connectivity index (χ3n) is 3.26. The molecule has 1 fully saturated rings. The van der Waals surface area contributed by atoms with Gasteiger partial charge in [0.05, 0.1) is 5.60 Å². The molecule has 0 aliphatic heterocycles. The van der Waals surface area contributed by atoms with Gasteiger partial charge in [-0.1, -0.05) is 0 Å². The Labute approximate surface area is 103 Å². The first-order chi connectivity index (χ1) is 8.44. The van der Waals surface area contributed by atoms with Crippen molar-refractivity contribution in [3.63, 3.8) is 0 Å². The van der Waals surface area contributed by atoms with E-state index >= 15 is 0 Å². The van der Waals surface area contributed by atoms with Gasteiger partial charge < -0.3 is 9.84 Å². The van der Waals surface area contributed by atoms with Gasteiger partial charge >= 0.3 is 0 Å². The van der Waals surface area contributed by atoms with Crippen molar-refractivity contribution in [2.45, 2.75) is 37.9 Å². The zero-order chi connectivity index (χ0) is 13.3. The Kier molecular flexibility index (Phi) is 3.34. The van der Waals surface area contributed by atoms with Crippen LogP contribution in [0.5, 0.6) is 5.75 Å². The monoisotopic (exact) mass is 256 g/mol. The molecule has 1 aliphatic carbocycles. The summed E-state index contributed by atoms with van der Waals surface area (Å²) in [7, 11) is 0. The number of hydrogen-bond acceptors (Lipinski definition) is 3. The number of ether oxygens (including phenoxy) is 1. The zero-order valence-corrected chi connectivity index (χ0v) is 9.95. The molecular weight excluding hydrogens is 242 g/mol. The number of rotatable bonds is 3. The first-order valence-electron chi connectivity index (χ1n) is 5.77. The lowest BCUT2D eigenvalue weighted by Crippen LogP contribution is -2.38. The minimum absolute atomic E-state index is 0.0875. The van der Waals surface area contributed by atoms with Crippen LogP contribution in [0.4, 0.5) is 8.78 Å². The summed E-state index contributed by atoms with van der Waals surface area (Å²) in [4.78, 5) is 10.5. The quantitative estimate of drug-likeness (QED) is 0.845. The molecule has 98 valence electrons. The lowest BCUT2D eigenvalue weighted by molar-refractivity contribution is -0.0280. The minimum atomic E-state index is -1.08. The Morgan fingerprint density at radius 1 is 1.44 bits per heavy atom. The highest BCUT2D eigenvalue weighted by atomic mass is 19.1. The summed E-state index contributed by atoms with van der Waals surface area (Å²) in [5, 5.41) is 9.97. The smallest absolute Gasteiger partial charge is 0.191 e. The summed E-state index contributed by atoms with van der Waals surface area (Å²) in [5.74, 6) is -2.40. The van der Waals surface area contributed by atoms with Crippen LogP contribution in [0.15, 0.2) is 12.1 Å². The topological polar surface area (TPSA) is 46.5 Å². The molecule has 2 unspecified atom stereocenters. The normalized spacial score (nSPS) is 27.2. The summed E-state index contributed by atoms with van der Waals surface area (Å²) in [5.41, 5.74) is -1.17. The molecule has 0 aromatic heterocycles. The van der Waals surface area contributed by atoms with Crippen molar-refractivity contribution in [3.8, 4) is 5.75 Å². The molecule has 3 nitrogen and oxygen atoms in total. The van der Waals surface area contributed by atoms with Crippen LogP contribution in [0.25, 0.3) is 0 Å². The minimum Gasteiger partial charge on any atom is -0.481 e. The summed E-state index contributed by atoms with van der Waals surface area (Å²) in [6.45, 7) is 1.58. The molecule has 1 saturated carbocycles. The van der Waals surface area contributed by atoms with Crippen LogP contribution in [0.3, 0.4) is 0 Å². The molecule has 0 heterocycles. The van der Waals surface area contributed by atoms with E-state index in [2.05, 4.69) is 0 Å². The van der Waals surface area contributed by atoms with Crippen molar-refractivity contribution < 1.29 is 23.4 Å². The lowest BCUT2D eigenvalue weighted by Gasteiger charge is -2.26. The SMILES string of the molecule is CC1(O)CCCC1Oc1c(F)cc(C=O)cc1F. The maximum atomic E-state index is 13.6. The second-order valence-corrected chi connectivity index (χ2v) is 4.79. The van der Waals surface area contributed by atoms with Crippen LogP contribution in [0, 0.1) is 11.6 Å². The first-order valence-corrected chi connectivity index (χ1v) is 5.77. The fourth-order valence-electron chi connectivity index (χ4n) is 2.21. The van der Waals surface area contributed by atoms with Gasteiger partial charge in [0.1, 0.15) is 12.4 Å². The van der Waals surface area contributed by atoms with Crippen molar-refractivity contribution >= 4 is 6.29 Å². The van der Waals surface area contributed by atoms with Gasteiger partial charge in [0.15, 0.2) is 17.4 Å². The molecule has 1 aromatic rings. The molecule has 0 spiro atoms. The second-order valence-electron chi connectivity index (χ2n) is 4.79. The van der Waals surface area contributed by atoms with Gasteiger partial charge in [-0.25, -0.2) is 8.78 Å². The average molecular weight is 256 g/mol. The molecule has 0 bridgehead atoms. The van der Waals surface area contributed by atoms with Gasteiger partial charge in [0.2, 0.25) is 0 Å². The van der Waals surface area contributed by atoms with Gasteiger partial charge in [-0.2, -0.15) is 0 Å². The van der Waals surface area contributed by atoms with Gasteiger partial charge in [0.25, 0.3) is 0 Å². The first kappa shape index (κ1) is 13.0. The molecular formula is C13H14F2O3. The van der Waals surface area contributed by atoms with Crippen LogP contribution >= 0.6 is 0 Å². The zero-order valence-electron chi connectivity index (χ0n) is 9.95. The van der Waals surface area contributed by atoms with E-state index in [1.54, 1.807) is 6.92 Å². The third kappa shape index (κ3) is 2.36. The van der Waals surface area contributed by atoms with Crippen molar-refractivity contribution in [3.05, 3.63) is 29.3 Å². The summed E-state index contributed by atoms with van der Waals surface area (Å²) < 4.78 is 32.4. The van der Waals surface area contributed by atoms with E-state index in [0.29, 0.717) is 19.1 Å². The highest BCUT2D eigenvalue weighted by molar-refractivity contribution is 5.75. The molecule has 5 heteroatoms. The number of halogens is 2. The van der Waals surface area contributed by atoms with E-state index in [4.69, 9.17) is 4.74 Å². The Morgan fingerprint density at radius 2 is 2.06 bits per heavy atom. The molecule has 2 rings (SSSR count). The Morgan fingerprint density at radius 3 is 2.50 bits per heavy atom. The highest BCUT2D eigenvalue weighted by Gasteiger charge is 2.39. The standard InChI is InChI=1S/C13H14F2O3/c1-13(17)4-2-3-11(13)18-12-9(14)5-8(7-16)6-10(12)15/h5-7,11,17H,2-4H2,1H3. The number of benzene rings is 1. The molecule has 0 radical (unpaired) electrons. The summed E-state index contributed by atoms with van der Waals surface area (Å²) in [6, 6.07) is 1.82. The summed E-state index contributed by atoms with van der Waals surface area (Å²) >= 11 is 0. The molecule has 0 amide bonds. The van der Waals surface area contributed by atoms with Gasteiger partial charge in [-0.15, -0.1) is 0 Å². The highest BCUT2D eigenvalue weighted by Crippen LogP contribution is 2.34. The number of aldehydes is 1. The van der Waals surface area contributed by atoms with E-state index < -0.39 is 29.1 Å². The fraction of sp³-hybridized carbons (Fsp3) is 0.462. The van der Waals surface area contributed by atoms with E-state index in [1.807, 2.05) is 0 Å². The maximum absolute atomic E-state index is 13.6. The largest absolute Gasteiger partial charge is 0.481 e. The van der Waals surface area contributed by atoms with Crippen LogP contribution in [-0.2, 0) is 0 Å². The van der Waals surface area contributed by atoms with Crippen LogP contribution in [-0.4, -0.2) is 23.1 Å². The number of carbonyl (C=O) groups excluding carboxylic acids is 1. The summed E-state index contributed by atoms with van der Waals surface area (Å²) in [6.07, 6.45) is 1.55. The van der Waals surface area contributed by atoms with Crippen molar-refractivity contribution in [2.24, 2.45) is 0 Å². The van der Waals surface area contributed by atoms with Crippen LogP contribution < -0.4 is 4.74 Å². The van der Waals surface area contributed by atoms with E-state index in [1.165, 1.54) is 0 Å². The number of aliphatic hydroxyl groups is 1. The molecule has 1 N–H and O–H groups in total. The molecule has 1 aromatic carbocycles. The van der Waals surface area contributed by atoms with E-state index in [0.717, 1.165) is 18.6 Å². The van der Waals surface area contributed by atoms with E-state index in [-0.39, 0.29) is 5.56 Å². The van der Waals surface area contributed by atoms with Crippen molar-refractivity contribution in [1.29, 1.82) is 0 Å². The van der Waals surface area contributed by atoms with Crippen molar-refractivity contribution in [2.75, 3.05) is 0 Å². The Bertz CT molecular complexity index is 448. The van der Waals surface area contributed by atoms with Crippen molar-refractivity contribution in [1.82, 2.24) is 0 Å². The maximum Gasteiger partial charge on any atom is 0.191 e. The Hall–Kier alpha value is -1.49. The molecule has 2 atom stereocenters. The third-order valence-corrected chi connectivity index (χ3v) is 3.26. The second kappa shape index (κ2) is 4.65. The van der Waals surface area contributed by atoms with Crippen LogP contribution in [0.2, 0.25) is 0 Å². The fourth-order valence-corrected chi connectivity index (χ4v) is 2.21.